The minimum absolute atomic E-state index is 0.823. The second kappa shape index (κ2) is 11.3. The Balaban J connectivity index is 5.92. The zero-order valence-corrected chi connectivity index (χ0v) is 13.6. The van der Waals surface area contributed by atoms with Crippen molar-refractivity contribution in [2.45, 2.75) is 79.1 Å². The molecule has 2 heteroatoms. The Morgan fingerprint density at radius 1 is 0.600 bits per heavy atom. The summed E-state index contributed by atoms with van der Waals surface area (Å²) in [7, 11) is 0. The lowest BCUT2D eigenvalue weighted by Gasteiger charge is -2.16. The van der Waals surface area contributed by atoms with Crippen molar-refractivity contribution in [1.82, 2.24) is 0 Å². The van der Waals surface area contributed by atoms with Crippen LogP contribution in [0.25, 0.3) is 0 Å². The summed E-state index contributed by atoms with van der Waals surface area (Å²) >= 11 is 0. The van der Waals surface area contributed by atoms with Gasteiger partial charge in [0.15, 0.2) is 0 Å². The molecule has 0 aliphatic heterocycles. The van der Waals surface area contributed by atoms with Crippen molar-refractivity contribution >= 4 is 0 Å². The van der Waals surface area contributed by atoms with E-state index in [0.717, 1.165) is 73.7 Å². The molecule has 2 nitrogen and oxygen atoms in total. The quantitative estimate of drug-likeness (QED) is 0.392. The van der Waals surface area contributed by atoms with Crippen LogP contribution in [0.5, 0.6) is 0 Å². The first-order valence-electron chi connectivity index (χ1n) is 7.94. The Kier molecular flexibility index (Phi) is 10.4. The van der Waals surface area contributed by atoms with Crippen LogP contribution in [-0.2, 0) is 0 Å². The van der Waals surface area contributed by atoms with Crippen LogP contribution in [0.1, 0.15) is 79.1 Å². The molecule has 0 unspecified atom stereocenters. The molecule has 0 N–H and O–H groups in total. The number of nitriles is 2. The number of allylic oxidation sites excluding steroid dienone is 4. The van der Waals surface area contributed by atoms with E-state index >= 15 is 0 Å². The third-order valence-corrected chi connectivity index (χ3v) is 3.36. The molecule has 0 aromatic rings. The summed E-state index contributed by atoms with van der Waals surface area (Å²) in [6, 6.07) is 4.77. The minimum atomic E-state index is 0.823. The number of hydrogen-bond donors (Lipinski definition) is 0. The Hall–Kier alpha value is -1.54. The van der Waals surface area contributed by atoms with Crippen molar-refractivity contribution in [3.05, 3.63) is 22.3 Å². The Labute approximate surface area is 124 Å². The van der Waals surface area contributed by atoms with E-state index in [2.05, 4.69) is 39.8 Å². The van der Waals surface area contributed by atoms with Gasteiger partial charge in [-0.05, 0) is 36.8 Å². The van der Waals surface area contributed by atoms with Gasteiger partial charge in [-0.25, -0.2) is 0 Å². The molecular weight excluding hydrogens is 244 g/mol. The zero-order valence-electron chi connectivity index (χ0n) is 13.6. The fourth-order valence-electron chi connectivity index (χ4n) is 2.52. The van der Waals surface area contributed by atoms with Crippen molar-refractivity contribution in [3.63, 3.8) is 0 Å². The van der Waals surface area contributed by atoms with Gasteiger partial charge in [0.25, 0.3) is 0 Å². The summed E-state index contributed by atoms with van der Waals surface area (Å²) < 4.78 is 0. The Bertz CT molecular complexity index is 385. The highest BCUT2D eigenvalue weighted by molar-refractivity contribution is 5.47. The molecule has 0 aliphatic carbocycles. The van der Waals surface area contributed by atoms with Crippen molar-refractivity contribution < 1.29 is 0 Å². The van der Waals surface area contributed by atoms with Crippen molar-refractivity contribution in [2.24, 2.45) is 0 Å². The normalized spacial score (nSPS) is 13.1. The van der Waals surface area contributed by atoms with E-state index in [1.807, 2.05) is 0 Å². The van der Waals surface area contributed by atoms with Gasteiger partial charge in [-0.2, -0.15) is 10.5 Å². The molecule has 0 amide bonds. The second-order valence-electron chi connectivity index (χ2n) is 5.14. The zero-order chi connectivity index (χ0) is 15.4. The number of hydrogen-bond acceptors (Lipinski definition) is 2. The van der Waals surface area contributed by atoms with Gasteiger partial charge in [-0.3, -0.25) is 0 Å². The van der Waals surface area contributed by atoms with E-state index in [9.17, 15) is 10.5 Å². The largest absolute Gasteiger partial charge is 0.193 e. The van der Waals surface area contributed by atoms with E-state index in [4.69, 9.17) is 0 Å². The summed E-state index contributed by atoms with van der Waals surface area (Å²) in [6.45, 7) is 8.47. The fourth-order valence-corrected chi connectivity index (χ4v) is 2.52. The topological polar surface area (TPSA) is 47.6 Å². The monoisotopic (exact) mass is 272 g/mol. The van der Waals surface area contributed by atoms with Gasteiger partial charge in [-0.1, -0.05) is 53.4 Å². The third kappa shape index (κ3) is 5.62. The average Bonchev–Trinajstić information content (AvgIpc) is 2.46. The molecule has 0 bridgehead atoms. The number of nitrogens with zero attached hydrogens (tertiary/aromatic N) is 2. The van der Waals surface area contributed by atoms with Crippen LogP contribution in [0.4, 0.5) is 0 Å². The molecule has 0 aliphatic rings. The van der Waals surface area contributed by atoms with Crippen LogP contribution in [0.3, 0.4) is 0 Å². The van der Waals surface area contributed by atoms with Crippen LogP contribution >= 0.6 is 0 Å². The van der Waals surface area contributed by atoms with Gasteiger partial charge in [0.1, 0.15) is 0 Å². The van der Waals surface area contributed by atoms with E-state index in [1.165, 1.54) is 0 Å². The molecule has 0 saturated carbocycles. The van der Waals surface area contributed by atoms with Gasteiger partial charge in [0, 0.05) is 11.1 Å². The van der Waals surface area contributed by atoms with Crippen molar-refractivity contribution in [2.75, 3.05) is 0 Å². The predicted octanol–water partition coefficient (Wildman–Crippen LogP) is 5.83. The smallest absolute Gasteiger partial charge is 0.0950 e. The van der Waals surface area contributed by atoms with E-state index in [0.29, 0.717) is 0 Å². The summed E-state index contributed by atoms with van der Waals surface area (Å²) in [5, 5.41) is 18.9. The summed E-state index contributed by atoms with van der Waals surface area (Å²) in [6.07, 6.45) is 7.45. The molecule has 0 atom stereocenters. The molecule has 0 heterocycles. The van der Waals surface area contributed by atoms with Crippen LogP contribution in [0, 0.1) is 22.7 Å². The van der Waals surface area contributed by atoms with Gasteiger partial charge in [-0.15, -0.1) is 0 Å². The molecule has 0 rings (SSSR count). The number of rotatable bonds is 9. The van der Waals surface area contributed by atoms with Crippen LogP contribution < -0.4 is 0 Å². The molecule has 0 fully saturated rings. The maximum atomic E-state index is 9.44. The van der Waals surface area contributed by atoms with Crippen LogP contribution in [0.15, 0.2) is 22.3 Å². The van der Waals surface area contributed by atoms with Crippen molar-refractivity contribution in [3.8, 4) is 12.1 Å². The average molecular weight is 272 g/mol. The maximum absolute atomic E-state index is 9.44. The Morgan fingerprint density at radius 2 is 0.900 bits per heavy atom. The lowest BCUT2D eigenvalue weighted by molar-refractivity contribution is 0.805. The van der Waals surface area contributed by atoms with Crippen LogP contribution in [-0.4, -0.2) is 0 Å². The van der Waals surface area contributed by atoms with Gasteiger partial charge >= 0.3 is 0 Å². The third-order valence-electron chi connectivity index (χ3n) is 3.36. The summed E-state index contributed by atoms with van der Waals surface area (Å²) in [5.74, 6) is 0. The molecule has 0 aromatic heterocycles. The molecule has 110 valence electrons. The predicted molar refractivity (Wildman–Crippen MR) is 84.9 cm³/mol. The highest BCUT2D eigenvalue weighted by atomic mass is 14.3. The molecule has 0 aromatic carbocycles. The second-order valence-corrected chi connectivity index (χ2v) is 5.14. The SMILES string of the molecule is CCCC(C#N)=C(CCC)C(CCC)=C(C#N)CCC. The van der Waals surface area contributed by atoms with E-state index in [1.54, 1.807) is 0 Å². The van der Waals surface area contributed by atoms with Gasteiger partial charge < -0.3 is 0 Å². The first-order valence-corrected chi connectivity index (χ1v) is 7.94. The Morgan fingerprint density at radius 3 is 1.10 bits per heavy atom. The lowest BCUT2D eigenvalue weighted by Crippen LogP contribution is -2.00. The molecule has 0 saturated heterocycles. The fraction of sp³-hybridized carbons (Fsp3) is 0.667. The lowest BCUT2D eigenvalue weighted by atomic mass is 9.87. The minimum Gasteiger partial charge on any atom is -0.193 e. The molecule has 0 radical (unpaired) electrons. The van der Waals surface area contributed by atoms with Gasteiger partial charge in [0.05, 0.1) is 12.1 Å². The standard InChI is InChI=1S/C18H28N2/c1-5-9-15(13-19)17(11-7-3)18(12-8-4)16(14-20)10-6-2/h5-12H2,1-4H3. The van der Waals surface area contributed by atoms with E-state index < -0.39 is 0 Å². The molecule has 0 spiro atoms. The van der Waals surface area contributed by atoms with Gasteiger partial charge in [0.2, 0.25) is 0 Å². The van der Waals surface area contributed by atoms with Crippen molar-refractivity contribution in [1.29, 1.82) is 10.5 Å². The van der Waals surface area contributed by atoms with Crippen LogP contribution in [0.2, 0.25) is 0 Å². The molecular formula is C18H28N2. The maximum Gasteiger partial charge on any atom is 0.0950 e. The summed E-state index contributed by atoms with van der Waals surface area (Å²) in [4.78, 5) is 0. The highest BCUT2D eigenvalue weighted by Crippen LogP contribution is 2.30. The highest BCUT2D eigenvalue weighted by Gasteiger charge is 2.14. The first-order chi connectivity index (χ1) is 9.69. The molecule has 20 heavy (non-hydrogen) atoms. The van der Waals surface area contributed by atoms with E-state index in [-0.39, 0.29) is 0 Å². The first kappa shape index (κ1) is 18.5. The summed E-state index contributed by atoms with van der Waals surface area (Å²) in [5.41, 5.74) is 4.09.